The second kappa shape index (κ2) is 6.70. The summed E-state index contributed by atoms with van der Waals surface area (Å²) in [5, 5.41) is 5.59. The third-order valence-electron chi connectivity index (χ3n) is 3.12. The van der Waals surface area contributed by atoms with Crippen LogP contribution in [0.1, 0.15) is 28.4 Å². The molecule has 0 radical (unpaired) electrons. The largest absolute Gasteiger partial charge is 0.348 e. The molecule has 2 N–H and O–H groups in total. The molecule has 0 saturated carbocycles. The SMILES string of the molecule is CC(=O)Nc1ccc(CNC(=O)c2ccccc2C)cc1. The number of carbonyl (C=O) groups is 2. The van der Waals surface area contributed by atoms with Crippen molar-refractivity contribution < 1.29 is 9.59 Å². The van der Waals surface area contributed by atoms with Crippen LogP contribution in [0.5, 0.6) is 0 Å². The third-order valence-corrected chi connectivity index (χ3v) is 3.12. The number of carbonyl (C=O) groups excluding carboxylic acids is 2. The van der Waals surface area contributed by atoms with Crippen LogP contribution in [0.15, 0.2) is 48.5 Å². The molecule has 0 bridgehead atoms. The number of anilines is 1. The van der Waals surface area contributed by atoms with E-state index in [2.05, 4.69) is 10.6 Å². The molecule has 108 valence electrons. The smallest absolute Gasteiger partial charge is 0.251 e. The van der Waals surface area contributed by atoms with E-state index in [0.29, 0.717) is 12.1 Å². The van der Waals surface area contributed by atoms with Crippen LogP contribution in [0.2, 0.25) is 0 Å². The predicted octanol–water partition coefficient (Wildman–Crippen LogP) is 2.88. The topological polar surface area (TPSA) is 58.2 Å². The molecule has 2 aromatic rings. The fourth-order valence-corrected chi connectivity index (χ4v) is 2.01. The van der Waals surface area contributed by atoms with Crippen LogP contribution in [0.25, 0.3) is 0 Å². The van der Waals surface area contributed by atoms with Gasteiger partial charge in [-0.05, 0) is 36.2 Å². The van der Waals surface area contributed by atoms with Gasteiger partial charge in [-0.1, -0.05) is 30.3 Å². The van der Waals surface area contributed by atoms with Gasteiger partial charge in [0.05, 0.1) is 0 Å². The molecule has 0 aliphatic rings. The molecule has 0 aliphatic carbocycles. The molecule has 0 spiro atoms. The molecule has 2 aromatic carbocycles. The summed E-state index contributed by atoms with van der Waals surface area (Å²) in [7, 11) is 0. The average Bonchev–Trinajstić information content (AvgIpc) is 2.46. The van der Waals surface area contributed by atoms with Crippen molar-refractivity contribution in [2.75, 3.05) is 5.32 Å². The second-order valence-electron chi connectivity index (χ2n) is 4.88. The number of hydrogen-bond acceptors (Lipinski definition) is 2. The van der Waals surface area contributed by atoms with E-state index in [4.69, 9.17) is 0 Å². The second-order valence-corrected chi connectivity index (χ2v) is 4.88. The number of hydrogen-bond donors (Lipinski definition) is 2. The van der Waals surface area contributed by atoms with E-state index in [1.165, 1.54) is 6.92 Å². The molecular formula is C17H18N2O2. The number of benzene rings is 2. The fraction of sp³-hybridized carbons (Fsp3) is 0.176. The van der Waals surface area contributed by atoms with Gasteiger partial charge in [-0.2, -0.15) is 0 Å². The molecule has 2 amide bonds. The van der Waals surface area contributed by atoms with Crippen molar-refractivity contribution in [2.24, 2.45) is 0 Å². The molecule has 4 nitrogen and oxygen atoms in total. The Labute approximate surface area is 124 Å². The zero-order valence-corrected chi connectivity index (χ0v) is 12.1. The molecule has 0 aliphatic heterocycles. The van der Waals surface area contributed by atoms with Gasteiger partial charge < -0.3 is 10.6 Å². The summed E-state index contributed by atoms with van der Waals surface area (Å²) in [6.07, 6.45) is 0. The first kappa shape index (κ1) is 14.8. The zero-order valence-electron chi connectivity index (χ0n) is 12.1. The Balaban J connectivity index is 1.95. The molecule has 0 fully saturated rings. The summed E-state index contributed by atoms with van der Waals surface area (Å²) in [6.45, 7) is 3.83. The van der Waals surface area contributed by atoms with Crippen LogP contribution in [0, 0.1) is 6.92 Å². The van der Waals surface area contributed by atoms with E-state index < -0.39 is 0 Å². The molecule has 0 heterocycles. The minimum Gasteiger partial charge on any atom is -0.348 e. The molecule has 0 aromatic heterocycles. The van der Waals surface area contributed by atoms with E-state index in [-0.39, 0.29) is 11.8 Å². The zero-order chi connectivity index (χ0) is 15.2. The average molecular weight is 282 g/mol. The highest BCUT2D eigenvalue weighted by atomic mass is 16.2. The van der Waals surface area contributed by atoms with E-state index in [1.807, 2.05) is 55.5 Å². The monoisotopic (exact) mass is 282 g/mol. The standard InChI is InChI=1S/C17H18N2O2/c1-12-5-3-4-6-16(12)17(21)18-11-14-7-9-15(10-8-14)19-13(2)20/h3-10H,11H2,1-2H3,(H,18,21)(H,19,20). The Bertz CT molecular complexity index is 648. The van der Waals surface area contributed by atoms with Crippen LogP contribution in [0.4, 0.5) is 5.69 Å². The number of amides is 2. The Hall–Kier alpha value is -2.62. The van der Waals surface area contributed by atoms with Crippen molar-refractivity contribution in [1.29, 1.82) is 0 Å². The lowest BCUT2D eigenvalue weighted by Gasteiger charge is -2.08. The van der Waals surface area contributed by atoms with Crippen molar-refractivity contribution in [2.45, 2.75) is 20.4 Å². The van der Waals surface area contributed by atoms with Gasteiger partial charge in [-0.25, -0.2) is 0 Å². The highest BCUT2D eigenvalue weighted by molar-refractivity contribution is 5.95. The predicted molar refractivity (Wildman–Crippen MR) is 83.1 cm³/mol. The van der Waals surface area contributed by atoms with Crippen molar-refractivity contribution in [3.05, 3.63) is 65.2 Å². The Morgan fingerprint density at radius 3 is 2.29 bits per heavy atom. The summed E-state index contributed by atoms with van der Waals surface area (Å²) >= 11 is 0. The van der Waals surface area contributed by atoms with E-state index in [9.17, 15) is 9.59 Å². The highest BCUT2D eigenvalue weighted by Crippen LogP contribution is 2.10. The Morgan fingerprint density at radius 1 is 1.00 bits per heavy atom. The number of nitrogens with one attached hydrogen (secondary N) is 2. The molecule has 21 heavy (non-hydrogen) atoms. The van der Waals surface area contributed by atoms with E-state index in [0.717, 1.165) is 16.8 Å². The highest BCUT2D eigenvalue weighted by Gasteiger charge is 2.07. The van der Waals surface area contributed by atoms with E-state index in [1.54, 1.807) is 0 Å². The fourth-order valence-electron chi connectivity index (χ4n) is 2.01. The maximum atomic E-state index is 12.1. The van der Waals surface area contributed by atoms with Gasteiger partial charge in [0, 0.05) is 24.7 Å². The summed E-state index contributed by atoms with van der Waals surface area (Å²) in [4.78, 5) is 23.0. The lowest BCUT2D eigenvalue weighted by Crippen LogP contribution is -2.23. The van der Waals surface area contributed by atoms with Crippen molar-refractivity contribution in [3.63, 3.8) is 0 Å². The van der Waals surface area contributed by atoms with E-state index >= 15 is 0 Å². The summed E-state index contributed by atoms with van der Waals surface area (Å²) in [5.41, 5.74) is 3.37. The van der Waals surface area contributed by atoms with Crippen LogP contribution < -0.4 is 10.6 Å². The van der Waals surface area contributed by atoms with Gasteiger partial charge >= 0.3 is 0 Å². The molecule has 0 saturated heterocycles. The number of rotatable bonds is 4. The van der Waals surface area contributed by atoms with Crippen LogP contribution in [-0.4, -0.2) is 11.8 Å². The first-order valence-corrected chi connectivity index (χ1v) is 6.76. The van der Waals surface area contributed by atoms with Crippen LogP contribution in [-0.2, 0) is 11.3 Å². The third kappa shape index (κ3) is 4.18. The Kier molecular flexibility index (Phi) is 4.72. The molecule has 4 heteroatoms. The van der Waals surface area contributed by atoms with Crippen molar-refractivity contribution in [1.82, 2.24) is 5.32 Å². The maximum absolute atomic E-state index is 12.1. The summed E-state index contributed by atoms with van der Waals surface area (Å²) < 4.78 is 0. The summed E-state index contributed by atoms with van der Waals surface area (Å²) in [6, 6.07) is 14.9. The van der Waals surface area contributed by atoms with Gasteiger partial charge in [0.25, 0.3) is 5.91 Å². The van der Waals surface area contributed by atoms with Crippen LogP contribution in [0.3, 0.4) is 0 Å². The molecule has 0 atom stereocenters. The Morgan fingerprint density at radius 2 is 1.67 bits per heavy atom. The van der Waals surface area contributed by atoms with Gasteiger partial charge in [0.2, 0.25) is 5.91 Å². The van der Waals surface area contributed by atoms with Gasteiger partial charge in [-0.3, -0.25) is 9.59 Å². The summed E-state index contributed by atoms with van der Waals surface area (Å²) in [5.74, 6) is -0.186. The van der Waals surface area contributed by atoms with Crippen molar-refractivity contribution >= 4 is 17.5 Å². The van der Waals surface area contributed by atoms with Crippen molar-refractivity contribution in [3.8, 4) is 0 Å². The molecule has 0 unspecified atom stereocenters. The number of aryl methyl sites for hydroxylation is 1. The lowest BCUT2D eigenvalue weighted by molar-refractivity contribution is -0.114. The first-order valence-electron chi connectivity index (χ1n) is 6.76. The minimum atomic E-state index is -0.101. The van der Waals surface area contributed by atoms with Crippen LogP contribution >= 0.6 is 0 Å². The lowest BCUT2D eigenvalue weighted by atomic mass is 10.1. The van der Waals surface area contributed by atoms with Gasteiger partial charge in [-0.15, -0.1) is 0 Å². The molecule has 2 rings (SSSR count). The van der Waals surface area contributed by atoms with Gasteiger partial charge in [0.15, 0.2) is 0 Å². The van der Waals surface area contributed by atoms with Gasteiger partial charge in [0.1, 0.15) is 0 Å². The molecular weight excluding hydrogens is 264 g/mol. The quantitative estimate of drug-likeness (QED) is 0.906. The maximum Gasteiger partial charge on any atom is 0.251 e. The minimum absolute atomic E-state index is 0.0842. The first-order chi connectivity index (χ1) is 10.1. The normalized spacial score (nSPS) is 10.0.